The van der Waals surface area contributed by atoms with Crippen LogP contribution in [0.25, 0.3) is 0 Å². The second kappa shape index (κ2) is 12.3. The van der Waals surface area contributed by atoms with Crippen LogP contribution in [0.15, 0.2) is 29.3 Å². The summed E-state index contributed by atoms with van der Waals surface area (Å²) in [7, 11) is 0. The van der Waals surface area contributed by atoms with Gasteiger partial charge in [-0.2, -0.15) is 0 Å². The van der Waals surface area contributed by atoms with E-state index < -0.39 is 5.91 Å². The third kappa shape index (κ3) is 8.21. The monoisotopic (exact) mass is 418 g/mol. The molecule has 1 aromatic carbocycles. The molecule has 0 bridgehead atoms. The third-order valence-corrected chi connectivity index (χ3v) is 3.05. The van der Waals surface area contributed by atoms with Gasteiger partial charge in [-0.25, -0.2) is 4.99 Å². The predicted octanol–water partition coefficient (Wildman–Crippen LogP) is 2.65. The van der Waals surface area contributed by atoms with E-state index in [9.17, 15) is 4.79 Å². The zero-order chi connectivity index (χ0) is 15.5. The lowest BCUT2D eigenvalue weighted by Gasteiger charge is -2.11. The zero-order valence-corrected chi connectivity index (χ0v) is 15.7. The van der Waals surface area contributed by atoms with E-state index in [4.69, 9.17) is 5.73 Å². The quantitative estimate of drug-likeness (QED) is 0.263. The fraction of sp³-hybridized carbons (Fsp3) is 0.500. The van der Waals surface area contributed by atoms with E-state index in [0.717, 1.165) is 31.0 Å². The Morgan fingerprint density at radius 3 is 2.64 bits per heavy atom. The number of nitrogens with two attached hydrogens (primary N) is 1. The van der Waals surface area contributed by atoms with Crippen molar-refractivity contribution in [2.24, 2.45) is 10.7 Å². The molecule has 0 heterocycles. The molecule has 0 saturated heterocycles. The van der Waals surface area contributed by atoms with Gasteiger partial charge in [0, 0.05) is 18.7 Å². The van der Waals surface area contributed by atoms with Crippen LogP contribution < -0.4 is 16.4 Å². The molecule has 0 fully saturated rings. The molecule has 0 unspecified atom stereocenters. The van der Waals surface area contributed by atoms with Crippen molar-refractivity contribution in [3.63, 3.8) is 0 Å². The van der Waals surface area contributed by atoms with Crippen LogP contribution in [0, 0.1) is 0 Å². The topological polar surface area (TPSA) is 79.5 Å². The molecule has 1 aromatic rings. The van der Waals surface area contributed by atoms with Gasteiger partial charge in [0.1, 0.15) is 0 Å². The van der Waals surface area contributed by atoms with Gasteiger partial charge in [-0.1, -0.05) is 31.9 Å². The van der Waals surface area contributed by atoms with Gasteiger partial charge >= 0.3 is 0 Å². The minimum Gasteiger partial charge on any atom is -0.366 e. The van der Waals surface area contributed by atoms with Crippen LogP contribution in [0.5, 0.6) is 0 Å². The number of benzene rings is 1. The first-order valence-corrected chi connectivity index (χ1v) is 7.58. The number of hydrogen-bond donors (Lipinski definition) is 3. The van der Waals surface area contributed by atoms with E-state index in [1.165, 1.54) is 12.8 Å². The van der Waals surface area contributed by atoms with Gasteiger partial charge in [0.2, 0.25) is 5.91 Å². The van der Waals surface area contributed by atoms with Gasteiger partial charge in [-0.15, -0.1) is 24.0 Å². The Labute approximate surface area is 150 Å². The van der Waals surface area contributed by atoms with E-state index in [-0.39, 0.29) is 24.0 Å². The first-order valence-electron chi connectivity index (χ1n) is 7.58. The molecule has 6 heteroatoms. The number of nitrogens with zero attached hydrogens (tertiary/aromatic N) is 1. The van der Waals surface area contributed by atoms with Crippen molar-refractivity contribution in [3.05, 3.63) is 35.4 Å². The standard InChI is InChI=1S/C16H26N4O.HI/c1-3-5-6-10-19-16(18-4-2)20-12-13-8-7-9-14(11-13)15(17)21;/h7-9,11H,3-6,10,12H2,1-2H3,(H2,17,21)(H2,18,19,20);1H. The SMILES string of the molecule is CCCCCNC(=NCc1cccc(C(N)=O)c1)NCC.I. The van der Waals surface area contributed by atoms with Crippen molar-refractivity contribution < 1.29 is 4.79 Å². The molecule has 0 aliphatic carbocycles. The smallest absolute Gasteiger partial charge is 0.248 e. The number of carbonyl (C=O) groups excluding carboxylic acids is 1. The van der Waals surface area contributed by atoms with Crippen LogP contribution in [0.4, 0.5) is 0 Å². The van der Waals surface area contributed by atoms with Crippen molar-refractivity contribution in [2.75, 3.05) is 13.1 Å². The highest BCUT2D eigenvalue weighted by atomic mass is 127. The lowest BCUT2D eigenvalue weighted by atomic mass is 10.1. The average Bonchev–Trinajstić information content (AvgIpc) is 2.49. The molecule has 22 heavy (non-hydrogen) atoms. The van der Waals surface area contributed by atoms with Crippen LogP contribution in [0.1, 0.15) is 49.0 Å². The number of halogens is 1. The first-order chi connectivity index (χ1) is 10.2. The highest BCUT2D eigenvalue weighted by molar-refractivity contribution is 14.0. The molecule has 0 saturated carbocycles. The summed E-state index contributed by atoms with van der Waals surface area (Å²) in [6.45, 7) is 6.48. The Kier molecular flexibility index (Phi) is 11.5. The Hall–Kier alpha value is -1.31. The van der Waals surface area contributed by atoms with Crippen LogP contribution >= 0.6 is 24.0 Å². The van der Waals surface area contributed by atoms with Gasteiger partial charge in [-0.05, 0) is 31.0 Å². The van der Waals surface area contributed by atoms with E-state index in [2.05, 4.69) is 22.5 Å². The highest BCUT2D eigenvalue weighted by Gasteiger charge is 2.01. The van der Waals surface area contributed by atoms with Crippen molar-refractivity contribution in [3.8, 4) is 0 Å². The van der Waals surface area contributed by atoms with Crippen molar-refractivity contribution in [1.82, 2.24) is 10.6 Å². The molecule has 0 atom stereocenters. The first kappa shape index (κ1) is 20.7. The zero-order valence-electron chi connectivity index (χ0n) is 13.4. The van der Waals surface area contributed by atoms with Gasteiger partial charge < -0.3 is 16.4 Å². The summed E-state index contributed by atoms with van der Waals surface area (Å²) in [6.07, 6.45) is 3.56. The van der Waals surface area contributed by atoms with Crippen LogP contribution in [0.2, 0.25) is 0 Å². The molecule has 0 spiro atoms. The Balaban J connectivity index is 0.00000441. The number of guanidine groups is 1. The summed E-state index contributed by atoms with van der Waals surface area (Å²) in [4.78, 5) is 15.7. The van der Waals surface area contributed by atoms with Gasteiger partial charge in [0.25, 0.3) is 0 Å². The van der Waals surface area contributed by atoms with E-state index in [1.807, 2.05) is 19.1 Å². The average molecular weight is 418 g/mol. The summed E-state index contributed by atoms with van der Waals surface area (Å²) in [5.74, 6) is 0.392. The van der Waals surface area contributed by atoms with Crippen molar-refractivity contribution in [2.45, 2.75) is 39.7 Å². The van der Waals surface area contributed by atoms with Gasteiger partial charge in [0.05, 0.1) is 6.54 Å². The molecule has 0 aliphatic rings. The number of amides is 1. The lowest BCUT2D eigenvalue weighted by Crippen LogP contribution is -2.37. The minimum atomic E-state index is -0.412. The van der Waals surface area contributed by atoms with E-state index >= 15 is 0 Å². The van der Waals surface area contributed by atoms with E-state index in [1.54, 1.807) is 12.1 Å². The van der Waals surface area contributed by atoms with Crippen LogP contribution in [-0.4, -0.2) is 25.0 Å². The number of primary amides is 1. The molecule has 0 aromatic heterocycles. The molecule has 1 amide bonds. The van der Waals surface area contributed by atoms with Crippen molar-refractivity contribution in [1.29, 1.82) is 0 Å². The number of carbonyl (C=O) groups is 1. The molecule has 4 N–H and O–H groups in total. The third-order valence-electron chi connectivity index (χ3n) is 3.05. The number of nitrogens with one attached hydrogen (secondary N) is 2. The maximum Gasteiger partial charge on any atom is 0.248 e. The number of aliphatic imine (C=N–C) groups is 1. The summed E-state index contributed by atoms with van der Waals surface area (Å²) >= 11 is 0. The van der Waals surface area contributed by atoms with Gasteiger partial charge in [0.15, 0.2) is 5.96 Å². The molecule has 0 radical (unpaired) electrons. The molecular weight excluding hydrogens is 391 g/mol. The normalized spacial score (nSPS) is 10.7. The van der Waals surface area contributed by atoms with E-state index in [0.29, 0.717) is 12.1 Å². The Morgan fingerprint density at radius 1 is 1.23 bits per heavy atom. The second-order valence-electron chi connectivity index (χ2n) is 4.89. The summed E-state index contributed by atoms with van der Waals surface area (Å²) in [6, 6.07) is 7.26. The summed E-state index contributed by atoms with van der Waals surface area (Å²) < 4.78 is 0. The molecule has 124 valence electrons. The highest BCUT2D eigenvalue weighted by Crippen LogP contribution is 2.06. The molecule has 5 nitrogen and oxygen atoms in total. The van der Waals surface area contributed by atoms with Gasteiger partial charge in [-0.3, -0.25) is 4.79 Å². The largest absolute Gasteiger partial charge is 0.366 e. The molecule has 0 aliphatic heterocycles. The molecule has 1 rings (SSSR count). The van der Waals surface area contributed by atoms with Crippen molar-refractivity contribution >= 4 is 35.8 Å². The second-order valence-corrected chi connectivity index (χ2v) is 4.89. The Bertz CT molecular complexity index is 477. The van der Waals surface area contributed by atoms with Crippen LogP contribution in [-0.2, 0) is 6.54 Å². The number of rotatable bonds is 8. The predicted molar refractivity (Wildman–Crippen MR) is 103 cm³/mol. The maximum atomic E-state index is 11.2. The summed E-state index contributed by atoms with van der Waals surface area (Å²) in [5.41, 5.74) is 6.77. The van der Waals surface area contributed by atoms with Crippen LogP contribution in [0.3, 0.4) is 0 Å². The maximum absolute atomic E-state index is 11.2. The summed E-state index contributed by atoms with van der Waals surface area (Å²) in [5, 5.41) is 6.52. The lowest BCUT2D eigenvalue weighted by molar-refractivity contribution is 0.1000. The number of hydrogen-bond acceptors (Lipinski definition) is 2. The minimum absolute atomic E-state index is 0. The fourth-order valence-electron chi connectivity index (χ4n) is 1.92. The number of unbranched alkanes of at least 4 members (excludes halogenated alkanes) is 2. The molecular formula is C16H27IN4O. The fourth-order valence-corrected chi connectivity index (χ4v) is 1.92. The Morgan fingerprint density at radius 2 is 2.00 bits per heavy atom.